The molecule has 0 aromatic carbocycles. The Balaban J connectivity index is -0.00000000500. The summed E-state index contributed by atoms with van der Waals surface area (Å²) in [4.78, 5) is 0. The van der Waals surface area contributed by atoms with Crippen molar-refractivity contribution >= 4 is 31.4 Å². The first-order chi connectivity index (χ1) is 1.00. The fourth-order valence-corrected chi connectivity index (χ4v) is 0. The van der Waals surface area contributed by atoms with E-state index in [1.807, 2.05) is 0 Å². The minimum Gasteiger partial charge on any atom is -0.197 e. The first kappa shape index (κ1) is 19.3. The van der Waals surface area contributed by atoms with Crippen LogP contribution in [0.5, 0.6) is 0 Å². The first-order valence-corrected chi connectivity index (χ1v) is 0.500. The predicted molar refractivity (Wildman–Crippen MR) is 13.9 cm³/mol. The average molecular weight is 111 g/mol. The van der Waals surface area contributed by atoms with Crippen LogP contribution in [-0.2, 0) is 29.6 Å². The Bertz CT molecular complexity index is 8.00. The van der Waals surface area contributed by atoms with E-state index in [4.69, 9.17) is 4.21 Å². The summed E-state index contributed by atoms with van der Waals surface area (Å²) < 4.78 is 7.83. The molecule has 0 aliphatic rings. The molecule has 0 bridgehead atoms. The first-order valence-electron chi connectivity index (χ1n) is 0.167. The summed E-state index contributed by atoms with van der Waals surface area (Å²) in [6.45, 7) is 0. The van der Waals surface area contributed by atoms with Gasteiger partial charge in [-0.3, -0.25) is 0 Å². The molecule has 0 N–H and O–H groups in total. The maximum atomic E-state index is 7.83. The summed E-state index contributed by atoms with van der Waals surface area (Å²) >= 11 is 2.83. The molecule has 0 aromatic rings. The molecule has 0 aliphatic heterocycles. The van der Waals surface area contributed by atoms with Gasteiger partial charge in [0.15, 0.2) is 12.5 Å². The van der Waals surface area contributed by atoms with Gasteiger partial charge in [-0.15, -0.1) is 0 Å². The summed E-state index contributed by atoms with van der Waals surface area (Å²) in [6, 6.07) is 0. The van der Waals surface area contributed by atoms with Crippen LogP contribution in [0.15, 0.2) is 0 Å². The molecule has 0 saturated carbocycles. The summed E-state index contributed by atoms with van der Waals surface area (Å²) in [5.74, 6) is 0. The van der Waals surface area contributed by atoms with E-state index in [0.717, 1.165) is 0 Å². The molecule has 0 spiro atoms. The van der Waals surface area contributed by atoms with Gasteiger partial charge in [0, 0.05) is 35.9 Å². The topological polar surface area (TPSA) is 17.1 Å². The molecular weight excluding hydrogens is 111 g/mol. The fraction of sp³-hybridized carbons (Fsp3) is 0. The van der Waals surface area contributed by atoms with E-state index in [1.54, 1.807) is 0 Å². The van der Waals surface area contributed by atoms with Crippen LogP contribution in [0.2, 0.25) is 0 Å². The van der Waals surface area contributed by atoms with Gasteiger partial charge >= 0.3 is 0 Å². The zero-order valence-electron chi connectivity index (χ0n) is 2.17. The third-order valence-corrected chi connectivity index (χ3v) is 0. The summed E-state index contributed by atoms with van der Waals surface area (Å²) in [5.41, 5.74) is 0. The van der Waals surface area contributed by atoms with E-state index >= 15 is 0 Å². The maximum absolute atomic E-state index is 7.83. The van der Waals surface area contributed by atoms with Gasteiger partial charge in [0.25, 0.3) is 0 Å². The molecule has 0 amide bonds. The molecule has 1 radical (unpaired) electrons. The van der Waals surface area contributed by atoms with Crippen LogP contribution in [0, 0.1) is 0 Å². The fourth-order valence-electron chi connectivity index (χ4n) is 0. The van der Waals surface area contributed by atoms with Gasteiger partial charge in [-0.05, 0) is 0 Å². The van der Waals surface area contributed by atoms with Gasteiger partial charge in [0.05, 0.1) is 0 Å². The molecule has 1 nitrogen and oxygen atoms in total. The minimum atomic E-state index is 0. The second kappa shape index (κ2) is 31.5. The minimum absolute atomic E-state index is 0. The Morgan fingerprint density at radius 1 is 1.25 bits per heavy atom. The van der Waals surface area contributed by atoms with Crippen LogP contribution in [0.25, 0.3) is 0 Å². The molecule has 0 rings (SSSR count). The molecule has 0 aliphatic carbocycles. The van der Waals surface area contributed by atoms with Crippen molar-refractivity contribution in [2.45, 2.75) is 0 Å². The number of rotatable bonds is 0. The zero-order valence-corrected chi connectivity index (χ0v) is 4.09. The van der Waals surface area contributed by atoms with E-state index in [-0.39, 0.29) is 35.9 Å². The Kier molecular flexibility index (Phi) is 152. The van der Waals surface area contributed by atoms with E-state index < -0.39 is 0 Å². The largest absolute Gasteiger partial charge is 0.197 e. The quantitative estimate of drug-likeness (QED) is 0.383. The van der Waals surface area contributed by atoms with Crippen molar-refractivity contribution in [2.75, 3.05) is 0 Å². The maximum Gasteiger partial charge on any atom is 0.197 e. The van der Waals surface area contributed by atoms with E-state index in [9.17, 15) is 0 Å². The molecule has 21 valence electrons. The van der Waals surface area contributed by atoms with Gasteiger partial charge < -0.3 is 0 Å². The molecule has 4 heteroatoms. The van der Waals surface area contributed by atoms with Gasteiger partial charge in [-0.2, -0.15) is 4.21 Å². The molecule has 0 heterocycles. The number of hydrogen-bond donors (Lipinski definition) is 0. The van der Waals surface area contributed by atoms with E-state index in [0.29, 0.717) is 0 Å². The van der Waals surface area contributed by atoms with Gasteiger partial charge in [-0.25, -0.2) is 0 Å². The van der Waals surface area contributed by atoms with E-state index in [2.05, 4.69) is 12.5 Å². The van der Waals surface area contributed by atoms with Crippen LogP contribution in [0.1, 0.15) is 0 Å². The molecule has 0 unspecified atom stereocenters. The van der Waals surface area contributed by atoms with Crippen LogP contribution in [0.4, 0.5) is 0 Å². The third-order valence-electron chi connectivity index (χ3n) is 0. The normalized spacial score (nSPS) is 1.00. The van der Waals surface area contributed by atoms with Crippen molar-refractivity contribution in [1.82, 2.24) is 0 Å². The van der Waals surface area contributed by atoms with E-state index in [1.165, 1.54) is 0 Å². The molecule has 0 saturated heterocycles. The van der Waals surface area contributed by atoms with Crippen LogP contribution in [0.3, 0.4) is 0 Å². The second-order valence-electron chi connectivity index (χ2n) is 0. The third kappa shape index (κ3) is 11.1. The second-order valence-corrected chi connectivity index (χ2v) is 0. The predicted octanol–water partition coefficient (Wildman–Crippen LogP) is -0.720. The van der Waals surface area contributed by atoms with Crippen LogP contribution >= 0.6 is 0 Å². The number of hydrogen-bond acceptors (Lipinski definition) is 2. The Labute approximate surface area is 52.7 Å². The van der Waals surface area contributed by atoms with Crippen molar-refractivity contribution in [3.05, 3.63) is 0 Å². The Hall–Kier alpha value is 1.14. The van der Waals surface area contributed by atoms with Crippen molar-refractivity contribution in [3.8, 4) is 0 Å². The van der Waals surface area contributed by atoms with Gasteiger partial charge in [-0.1, -0.05) is 0 Å². The summed E-state index contributed by atoms with van der Waals surface area (Å²) in [7, 11) is 0. The van der Waals surface area contributed by atoms with Crippen LogP contribution in [-0.4, -0.2) is 23.1 Å². The van der Waals surface area contributed by atoms with Crippen molar-refractivity contribution in [1.29, 1.82) is 0 Å². The van der Waals surface area contributed by atoms with Crippen molar-refractivity contribution in [2.24, 2.45) is 0 Å². The van der Waals surface area contributed by atoms with Crippen molar-refractivity contribution < 1.29 is 21.3 Å². The van der Waals surface area contributed by atoms with Gasteiger partial charge in [0.2, 0.25) is 0 Å². The average Bonchev–Trinajstić information content (AvgIpc) is 1.00. The SMILES string of the molecule is O=S.[Fe].[Li]. The molecule has 0 fully saturated rings. The summed E-state index contributed by atoms with van der Waals surface area (Å²) in [5, 5.41) is 0. The van der Waals surface area contributed by atoms with Gasteiger partial charge in [0.1, 0.15) is 0 Å². The molecular formula is FeLiOS. The monoisotopic (exact) mass is 111 g/mol. The molecule has 0 aromatic heterocycles. The zero-order chi connectivity index (χ0) is 2.00. The smallest absolute Gasteiger partial charge is 0.197 e. The summed E-state index contributed by atoms with van der Waals surface area (Å²) in [6.07, 6.45) is 0. The Morgan fingerprint density at radius 3 is 1.25 bits per heavy atom. The Morgan fingerprint density at radius 2 is 1.25 bits per heavy atom. The van der Waals surface area contributed by atoms with Crippen molar-refractivity contribution in [3.63, 3.8) is 0 Å². The molecule has 0 atom stereocenters. The molecule has 4 heavy (non-hydrogen) atoms. The standard InChI is InChI=1S/Fe.Li.OS/c;;1-2. The van der Waals surface area contributed by atoms with Crippen LogP contribution < -0.4 is 0 Å².